The van der Waals surface area contributed by atoms with E-state index in [9.17, 15) is 9.59 Å². The van der Waals surface area contributed by atoms with Crippen molar-refractivity contribution in [2.45, 2.75) is 49.7 Å². The first kappa shape index (κ1) is 19.1. The minimum atomic E-state index is -0.107. The molecule has 1 aromatic carbocycles. The number of thioether (sulfide) groups is 1. The first-order chi connectivity index (χ1) is 13.7. The Kier molecular flexibility index (Phi) is 5.71. The maximum absolute atomic E-state index is 12.9. The van der Waals surface area contributed by atoms with Gasteiger partial charge in [-0.25, -0.2) is 4.98 Å². The van der Waals surface area contributed by atoms with Gasteiger partial charge in [-0.1, -0.05) is 23.9 Å². The molecule has 6 nitrogen and oxygen atoms in total. The SMILES string of the molecule is COc1cccc(CCNC(=O)C[C@@H]2CSc3nc4c(c(=O)n32)CCCC4)c1. The largest absolute Gasteiger partial charge is 0.497 e. The standard InChI is InChI=1S/C21H25N3O3S/c1-27-16-6-4-5-14(11-16)9-10-22-19(25)12-15-13-28-21-23-18-8-3-2-7-17(18)20(26)24(15)21/h4-6,11,15H,2-3,7-10,12-13H2,1H3,(H,22,25)/t15-/m1/s1. The number of hydrogen-bond donors (Lipinski definition) is 1. The van der Waals surface area contributed by atoms with Gasteiger partial charge in [0.25, 0.3) is 5.56 Å². The topological polar surface area (TPSA) is 73.2 Å². The molecule has 0 saturated heterocycles. The van der Waals surface area contributed by atoms with E-state index in [1.54, 1.807) is 23.4 Å². The summed E-state index contributed by atoms with van der Waals surface area (Å²) < 4.78 is 6.99. The lowest BCUT2D eigenvalue weighted by Crippen LogP contribution is -2.34. The molecule has 2 aromatic rings. The summed E-state index contributed by atoms with van der Waals surface area (Å²) in [5.41, 5.74) is 3.02. The highest BCUT2D eigenvalue weighted by molar-refractivity contribution is 7.99. The highest BCUT2D eigenvalue weighted by atomic mass is 32.2. The van der Waals surface area contributed by atoms with Crippen LogP contribution in [0.4, 0.5) is 0 Å². The number of aromatic nitrogens is 2. The maximum Gasteiger partial charge on any atom is 0.257 e. The number of fused-ring (bicyclic) bond motifs is 2. The highest BCUT2D eigenvalue weighted by Crippen LogP contribution is 2.33. The van der Waals surface area contributed by atoms with E-state index in [0.717, 1.165) is 65.6 Å². The summed E-state index contributed by atoms with van der Waals surface area (Å²) >= 11 is 1.59. The van der Waals surface area contributed by atoms with Gasteiger partial charge in [-0.15, -0.1) is 0 Å². The number of nitrogens with one attached hydrogen (secondary N) is 1. The number of methoxy groups -OCH3 is 1. The fraction of sp³-hybridized carbons (Fsp3) is 0.476. The number of nitrogens with zero attached hydrogens (tertiary/aromatic N) is 2. The Morgan fingerprint density at radius 1 is 1.36 bits per heavy atom. The van der Waals surface area contributed by atoms with Crippen molar-refractivity contribution >= 4 is 17.7 Å². The summed E-state index contributed by atoms with van der Waals surface area (Å²) in [7, 11) is 1.65. The predicted octanol–water partition coefficient (Wildman–Crippen LogP) is 2.53. The van der Waals surface area contributed by atoms with Crippen molar-refractivity contribution in [1.82, 2.24) is 14.9 Å². The summed E-state index contributed by atoms with van der Waals surface area (Å²) in [5.74, 6) is 1.53. The molecule has 1 aromatic heterocycles. The molecule has 2 aliphatic rings. The van der Waals surface area contributed by atoms with E-state index in [2.05, 4.69) is 5.32 Å². The Morgan fingerprint density at radius 2 is 2.21 bits per heavy atom. The van der Waals surface area contributed by atoms with Crippen molar-refractivity contribution in [1.29, 1.82) is 0 Å². The second-order valence-electron chi connectivity index (χ2n) is 7.32. The lowest BCUT2D eigenvalue weighted by atomic mass is 9.97. The van der Waals surface area contributed by atoms with E-state index in [-0.39, 0.29) is 17.5 Å². The fourth-order valence-electron chi connectivity index (χ4n) is 3.92. The van der Waals surface area contributed by atoms with Crippen LogP contribution in [-0.4, -0.2) is 34.9 Å². The van der Waals surface area contributed by atoms with Crippen molar-refractivity contribution in [2.24, 2.45) is 0 Å². The van der Waals surface area contributed by atoms with E-state index >= 15 is 0 Å². The molecule has 1 N–H and O–H groups in total. The molecule has 1 aliphatic carbocycles. The zero-order valence-electron chi connectivity index (χ0n) is 16.1. The Balaban J connectivity index is 1.37. The number of aryl methyl sites for hydroxylation is 1. The van der Waals surface area contributed by atoms with Crippen LogP contribution in [0.2, 0.25) is 0 Å². The van der Waals surface area contributed by atoms with Gasteiger partial charge in [0.2, 0.25) is 5.91 Å². The Bertz CT molecular complexity index is 941. The minimum absolute atomic E-state index is 0.0223. The Hall–Kier alpha value is -2.28. The van der Waals surface area contributed by atoms with Crippen molar-refractivity contribution in [3.63, 3.8) is 0 Å². The smallest absolute Gasteiger partial charge is 0.257 e. The van der Waals surface area contributed by atoms with E-state index in [0.29, 0.717) is 13.0 Å². The van der Waals surface area contributed by atoms with Crippen LogP contribution < -0.4 is 15.6 Å². The van der Waals surface area contributed by atoms with Gasteiger partial charge in [-0.2, -0.15) is 0 Å². The van der Waals surface area contributed by atoms with Crippen LogP contribution >= 0.6 is 11.8 Å². The highest BCUT2D eigenvalue weighted by Gasteiger charge is 2.30. The summed E-state index contributed by atoms with van der Waals surface area (Å²) in [6, 6.07) is 7.74. The van der Waals surface area contributed by atoms with Gasteiger partial charge in [-0.05, 0) is 49.8 Å². The molecule has 7 heteroatoms. The molecule has 1 amide bonds. The van der Waals surface area contributed by atoms with E-state index in [4.69, 9.17) is 9.72 Å². The van der Waals surface area contributed by atoms with Crippen LogP contribution in [0.1, 0.15) is 42.1 Å². The van der Waals surface area contributed by atoms with Gasteiger partial charge in [0.1, 0.15) is 5.75 Å². The fourth-order valence-corrected chi connectivity index (χ4v) is 5.08. The van der Waals surface area contributed by atoms with Gasteiger partial charge in [0.15, 0.2) is 5.16 Å². The quantitative estimate of drug-likeness (QED) is 0.756. The third kappa shape index (κ3) is 3.94. The zero-order valence-corrected chi connectivity index (χ0v) is 16.9. The monoisotopic (exact) mass is 399 g/mol. The van der Waals surface area contributed by atoms with E-state index in [1.165, 1.54) is 0 Å². The summed E-state index contributed by atoms with van der Waals surface area (Å²) in [6.45, 7) is 0.566. The van der Waals surface area contributed by atoms with Gasteiger partial charge < -0.3 is 10.1 Å². The van der Waals surface area contributed by atoms with Gasteiger partial charge in [0, 0.05) is 24.3 Å². The lowest BCUT2D eigenvalue weighted by molar-refractivity contribution is -0.121. The minimum Gasteiger partial charge on any atom is -0.497 e. The molecule has 4 rings (SSSR count). The van der Waals surface area contributed by atoms with E-state index in [1.807, 2.05) is 24.3 Å². The third-order valence-electron chi connectivity index (χ3n) is 5.41. The normalized spacial score (nSPS) is 17.7. The summed E-state index contributed by atoms with van der Waals surface area (Å²) in [5, 5.41) is 3.76. The first-order valence-electron chi connectivity index (χ1n) is 9.82. The molecule has 148 valence electrons. The number of ether oxygens (including phenoxy) is 1. The molecular weight excluding hydrogens is 374 g/mol. The van der Waals surface area contributed by atoms with Gasteiger partial charge in [0.05, 0.1) is 18.8 Å². The van der Waals surface area contributed by atoms with Crippen LogP contribution in [-0.2, 0) is 24.1 Å². The molecule has 1 atom stereocenters. The number of carbonyl (C=O) groups is 1. The van der Waals surface area contributed by atoms with Crippen molar-refractivity contribution in [2.75, 3.05) is 19.4 Å². The average molecular weight is 400 g/mol. The Labute approximate surface area is 168 Å². The molecule has 0 bridgehead atoms. The van der Waals surface area contributed by atoms with Crippen molar-refractivity contribution < 1.29 is 9.53 Å². The van der Waals surface area contributed by atoms with Crippen LogP contribution in [0.3, 0.4) is 0 Å². The molecular formula is C21H25N3O3S. The zero-order chi connectivity index (χ0) is 19.5. The van der Waals surface area contributed by atoms with Crippen molar-refractivity contribution in [3.05, 3.63) is 51.4 Å². The van der Waals surface area contributed by atoms with E-state index < -0.39 is 0 Å². The average Bonchev–Trinajstić information content (AvgIpc) is 3.11. The second-order valence-corrected chi connectivity index (χ2v) is 8.31. The van der Waals surface area contributed by atoms with Crippen LogP contribution in [0.25, 0.3) is 0 Å². The molecule has 0 radical (unpaired) electrons. The number of hydrogen-bond acceptors (Lipinski definition) is 5. The molecule has 28 heavy (non-hydrogen) atoms. The number of rotatable bonds is 6. The predicted molar refractivity (Wildman–Crippen MR) is 109 cm³/mol. The first-order valence-corrected chi connectivity index (χ1v) is 10.8. The Morgan fingerprint density at radius 3 is 3.07 bits per heavy atom. The molecule has 0 fully saturated rings. The second kappa shape index (κ2) is 8.39. The van der Waals surface area contributed by atoms with Crippen LogP contribution in [0, 0.1) is 0 Å². The molecule has 1 aliphatic heterocycles. The van der Waals surface area contributed by atoms with Gasteiger partial charge in [-0.3, -0.25) is 14.2 Å². The van der Waals surface area contributed by atoms with Crippen LogP contribution in [0.5, 0.6) is 5.75 Å². The molecule has 0 spiro atoms. The number of amides is 1. The van der Waals surface area contributed by atoms with Crippen LogP contribution in [0.15, 0.2) is 34.2 Å². The number of benzene rings is 1. The maximum atomic E-state index is 12.9. The molecule has 0 unspecified atom stereocenters. The summed E-state index contributed by atoms with van der Waals surface area (Å²) in [4.78, 5) is 30.1. The van der Waals surface area contributed by atoms with Gasteiger partial charge >= 0.3 is 0 Å². The lowest BCUT2D eigenvalue weighted by Gasteiger charge is -2.18. The molecule has 0 saturated carbocycles. The number of carbonyl (C=O) groups excluding carboxylic acids is 1. The van der Waals surface area contributed by atoms with Crippen molar-refractivity contribution in [3.8, 4) is 5.75 Å². The summed E-state index contributed by atoms with van der Waals surface area (Å²) in [6.07, 6.45) is 4.92. The molecule has 2 heterocycles. The third-order valence-corrected chi connectivity index (χ3v) is 6.51.